The van der Waals surface area contributed by atoms with Crippen molar-refractivity contribution in [2.45, 2.75) is 32.6 Å². The highest BCUT2D eigenvalue weighted by Gasteiger charge is 2.30. The van der Waals surface area contributed by atoms with Crippen molar-refractivity contribution in [1.82, 2.24) is 14.8 Å². The van der Waals surface area contributed by atoms with Gasteiger partial charge in [-0.05, 0) is 38.8 Å². The molecule has 3 rings (SSSR count). The first kappa shape index (κ1) is 13.8. The Morgan fingerprint density at radius 3 is 2.76 bits per heavy atom. The normalized spacial score (nSPS) is 14.2. The highest BCUT2D eigenvalue weighted by Crippen LogP contribution is 2.41. The molecule has 2 aromatic heterocycles. The summed E-state index contributed by atoms with van der Waals surface area (Å²) < 4.78 is 6.90. The van der Waals surface area contributed by atoms with Crippen molar-refractivity contribution in [3.05, 3.63) is 35.3 Å². The minimum Gasteiger partial charge on any atom is -0.462 e. The zero-order valence-corrected chi connectivity index (χ0v) is 12.6. The van der Waals surface area contributed by atoms with Crippen LogP contribution in [0.5, 0.6) is 0 Å². The fraction of sp³-hybridized carbons (Fsp3) is 0.438. The third-order valence-electron chi connectivity index (χ3n) is 3.67. The van der Waals surface area contributed by atoms with Gasteiger partial charge in [-0.25, -0.2) is 4.79 Å². The SMILES string of the molecule is CCOC(=O)c1ccc(-c2cn(C)nc2C)nc1C1CC1. The first-order valence-corrected chi connectivity index (χ1v) is 7.28. The van der Waals surface area contributed by atoms with E-state index in [9.17, 15) is 4.79 Å². The second-order valence-corrected chi connectivity index (χ2v) is 5.43. The summed E-state index contributed by atoms with van der Waals surface area (Å²) in [6, 6.07) is 3.71. The molecule has 1 aliphatic rings. The fourth-order valence-corrected chi connectivity index (χ4v) is 2.53. The van der Waals surface area contributed by atoms with Crippen molar-refractivity contribution in [1.29, 1.82) is 0 Å². The van der Waals surface area contributed by atoms with Gasteiger partial charge in [0.05, 0.1) is 29.3 Å². The van der Waals surface area contributed by atoms with E-state index in [0.29, 0.717) is 18.1 Å². The highest BCUT2D eigenvalue weighted by molar-refractivity contribution is 5.91. The van der Waals surface area contributed by atoms with Crippen molar-refractivity contribution < 1.29 is 9.53 Å². The van der Waals surface area contributed by atoms with Gasteiger partial charge < -0.3 is 4.74 Å². The van der Waals surface area contributed by atoms with Crippen LogP contribution in [-0.4, -0.2) is 27.3 Å². The zero-order chi connectivity index (χ0) is 15.0. The molecule has 0 saturated heterocycles. The molecule has 0 N–H and O–H groups in total. The Morgan fingerprint density at radius 2 is 2.19 bits per heavy atom. The van der Waals surface area contributed by atoms with Crippen molar-refractivity contribution in [2.75, 3.05) is 6.61 Å². The van der Waals surface area contributed by atoms with Crippen molar-refractivity contribution in [3.63, 3.8) is 0 Å². The maximum Gasteiger partial charge on any atom is 0.339 e. The topological polar surface area (TPSA) is 57.0 Å². The van der Waals surface area contributed by atoms with Gasteiger partial charge in [-0.2, -0.15) is 5.10 Å². The van der Waals surface area contributed by atoms with E-state index in [0.717, 1.165) is 35.5 Å². The molecular weight excluding hydrogens is 266 g/mol. The van der Waals surface area contributed by atoms with Gasteiger partial charge in [-0.3, -0.25) is 9.67 Å². The number of pyridine rings is 1. The number of carbonyl (C=O) groups is 1. The third-order valence-corrected chi connectivity index (χ3v) is 3.67. The van der Waals surface area contributed by atoms with Crippen LogP contribution in [0.4, 0.5) is 0 Å². The summed E-state index contributed by atoms with van der Waals surface area (Å²) in [7, 11) is 1.89. The van der Waals surface area contributed by atoms with Gasteiger partial charge in [0.15, 0.2) is 0 Å². The number of esters is 1. The smallest absolute Gasteiger partial charge is 0.339 e. The third kappa shape index (κ3) is 2.68. The van der Waals surface area contributed by atoms with Crippen LogP contribution in [0.15, 0.2) is 18.3 Å². The van der Waals surface area contributed by atoms with Gasteiger partial charge in [-0.15, -0.1) is 0 Å². The van der Waals surface area contributed by atoms with Crippen molar-refractivity contribution in [3.8, 4) is 11.3 Å². The number of rotatable bonds is 4. The van der Waals surface area contributed by atoms with E-state index < -0.39 is 0 Å². The highest BCUT2D eigenvalue weighted by atomic mass is 16.5. The molecule has 110 valence electrons. The maximum atomic E-state index is 12.0. The zero-order valence-electron chi connectivity index (χ0n) is 12.6. The van der Waals surface area contributed by atoms with Gasteiger partial charge in [0.25, 0.3) is 0 Å². The molecule has 5 heteroatoms. The molecule has 0 bridgehead atoms. The molecule has 0 aliphatic heterocycles. The largest absolute Gasteiger partial charge is 0.462 e. The minimum absolute atomic E-state index is 0.277. The number of hydrogen-bond donors (Lipinski definition) is 0. The van der Waals surface area contributed by atoms with E-state index in [-0.39, 0.29) is 5.97 Å². The van der Waals surface area contributed by atoms with Gasteiger partial charge in [0.1, 0.15) is 0 Å². The van der Waals surface area contributed by atoms with Crippen LogP contribution in [0.25, 0.3) is 11.3 Å². The lowest BCUT2D eigenvalue weighted by molar-refractivity contribution is 0.0524. The first-order valence-electron chi connectivity index (χ1n) is 7.28. The summed E-state index contributed by atoms with van der Waals surface area (Å²) in [6.07, 6.45) is 4.14. The van der Waals surface area contributed by atoms with Crippen LogP contribution in [0.1, 0.15) is 47.4 Å². The lowest BCUT2D eigenvalue weighted by atomic mass is 10.1. The van der Waals surface area contributed by atoms with Crippen LogP contribution in [-0.2, 0) is 11.8 Å². The predicted molar refractivity (Wildman–Crippen MR) is 79.1 cm³/mol. The second kappa shape index (κ2) is 5.31. The Kier molecular flexibility index (Phi) is 3.49. The van der Waals surface area contributed by atoms with E-state index in [4.69, 9.17) is 9.72 Å². The van der Waals surface area contributed by atoms with Gasteiger partial charge in [0.2, 0.25) is 0 Å². The lowest BCUT2D eigenvalue weighted by Crippen LogP contribution is -2.09. The molecule has 2 heterocycles. The lowest BCUT2D eigenvalue weighted by Gasteiger charge is -2.09. The standard InChI is InChI=1S/C16H19N3O2/c1-4-21-16(20)12-7-8-14(17-15(12)11-5-6-11)13-9-19(3)18-10(13)2/h7-9,11H,4-6H2,1-3H3. The Bertz CT molecular complexity index is 687. The van der Waals surface area contributed by atoms with Crippen LogP contribution in [0.3, 0.4) is 0 Å². The summed E-state index contributed by atoms with van der Waals surface area (Å²) >= 11 is 0. The molecule has 0 unspecified atom stereocenters. The first-order chi connectivity index (χ1) is 10.1. The number of nitrogens with zero attached hydrogens (tertiary/aromatic N) is 3. The molecule has 5 nitrogen and oxygen atoms in total. The average Bonchev–Trinajstić information content (AvgIpc) is 3.24. The number of ether oxygens (including phenoxy) is 1. The number of hydrogen-bond acceptors (Lipinski definition) is 4. The molecule has 0 atom stereocenters. The molecule has 0 aromatic carbocycles. The fourth-order valence-electron chi connectivity index (χ4n) is 2.53. The second-order valence-electron chi connectivity index (χ2n) is 5.43. The van der Waals surface area contributed by atoms with Gasteiger partial charge in [0, 0.05) is 24.7 Å². The van der Waals surface area contributed by atoms with Crippen molar-refractivity contribution >= 4 is 5.97 Å². The molecular formula is C16H19N3O2. The Labute approximate surface area is 124 Å². The molecule has 0 amide bonds. The summed E-state index contributed by atoms with van der Waals surface area (Å²) in [5.41, 5.74) is 4.29. The van der Waals surface area contributed by atoms with Crippen LogP contribution in [0.2, 0.25) is 0 Å². The van der Waals surface area contributed by atoms with E-state index in [1.165, 1.54) is 0 Å². The molecule has 0 radical (unpaired) electrons. The molecule has 21 heavy (non-hydrogen) atoms. The van der Waals surface area contributed by atoms with Crippen LogP contribution >= 0.6 is 0 Å². The minimum atomic E-state index is -0.277. The van der Waals surface area contributed by atoms with Crippen LogP contribution < -0.4 is 0 Å². The number of aryl methyl sites for hydroxylation is 2. The number of aromatic nitrogens is 3. The average molecular weight is 285 g/mol. The summed E-state index contributed by atoms with van der Waals surface area (Å²) in [5, 5.41) is 4.35. The molecule has 1 saturated carbocycles. The van der Waals surface area contributed by atoms with E-state index in [2.05, 4.69) is 5.10 Å². The van der Waals surface area contributed by atoms with Gasteiger partial charge >= 0.3 is 5.97 Å². The van der Waals surface area contributed by atoms with Crippen LogP contribution in [0, 0.1) is 6.92 Å². The van der Waals surface area contributed by atoms with Gasteiger partial charge in [-0.1, -0.05) is 0 Å². The number of carbonyl (C=O) groups excluding carboxylic acids is 1. The predicted octanol–water partition coefficient (Wildman–Crippen LogP) is 2.84. The van der Waals surface area contributed by atoms with Crippen molar-refractivity contribution in [2.24, 2.45) is 7.05 Å². The summed E-state index contributed by atoms with van der Waals surface area (Å²) in [6.45, 7) is 4.16. The molecule has 1 fully saturated rings. The van der Waals surface area contributed by atoms with E-state index in [1.54, 1.807) is 4.68 Å². The summed E-state index contributed by atoms with van der Waals surface area (Å²) in [5.74, 6) is 0.114. The quantitative estimate of drug-likeness (QED) is 0.811. The molecule has 0 spiro atoms. The Morgan fingerprint density at radius 1 is 1.43 bits per heavy atom. The van der Waals surface area contributed by atoms with E-state index >= 15 is 0 Å². The maximum absolute atomic E-state index is 12.0. The summed E-state index contributed by atoms with van der Waals surface area (Å²) in [4.78, 5) is 16.8. The van der Waals surface area contributed by atoms with E-state index in [1.807, 2.05) is 39.2 Å². The monoisotopic (exact) mass is 285 g/mol. The molecule has 2 aromatic rings. The molecule has 1 aliphatic carbocycles. The Hall–Kier alpha value is -2.17. The Balaban J connectivity index is 2.03.